The first-order valence-corrected chi connectivity index (χ1v) is 7.40. The van der Waals surface area contributed by atoms with E-state index in [0.29, 0.717) is 6.54 Å². The average Bonchev–Trinajstić information content (AvgIpc) is 2.89. The van der Waals surface area contributed by atoms with Crippen LogP contribution in [0.3, 0.4) is 0 Å². The summed E-state index contributed by atoms with van der Waals surface area (Å²) >= 11 is 6.87. The SMILES string of the molecule is NCc1nc(CNCc2sccc2Br)cs1. The summed E-state index contributed by atoms with van der Waals surface area (Å²) in [5.74, 6) is 0. The predicted octanol–water partition coefficient (Wildman–Crippen LogP) is 2.72. The lowest BCUT2D eigenvalue weighted by atomic mass is 10.4. The summed E-state index contributed by atoms with van der Waals surface area (Å²) in [7, 11) is 0. The fourth-order valence-corrected chi connectivity index (χ4v) is 3.42. The van der Waals surface area contributed by atoms with E-state index in [1.165, 1.54) is 9.35 Å². The molecule has 0 atom stereocenters. The van der Waals surface area contributed by atoms with E-state index in [0.717, 1.165) is 23.8 Å². The Labute approximate surface area is 111 Å². The molecule has 0 fully saturated rings. The van der Waals surface area contributed by atoms with Crippen LogP contribution in [0.4, 0.5) is 0 Å². The Hall–Kier alpha value is -0.270. The summed E-state index contributed by atoms with van der Waals surface area (Å²) in [6.45, 7) is 2.19. The fourth-order valence-electron chi connectivity index (χ4n) is 1.28. The van der Waals surface area contributed by atoms with E-state index in [-0.39, 0.29) is 0 Å². The van der Waals surface area contributed by atoms with Gasteiger partial charge in [0.2, 0.25) is 0 Å². The number of nitrogens with zero attached hydrogens (tertiary/aromatic N) is 1. The molecule has 2 aromatic rings. The van der Waals surface area contributed by atoms with Crippen molar-refractivity contribution in [3.63, 3.8) is 0 Å². The largest absolute Gasteiger partial charge is 0.325 e. The van der Waals surface area contributed by atoms with Crippen LogP contribution in [0, 0.1) is 0 Å². The topological polar surface area (TPSA) is 50.9 Å². The second-order valence-corrected chi connectivity index (χ2v) is 6.03. The summed E-state index contributed by atoms with van der Waals surface area (Å²) in [5, 5.41) is 8.49. The Morgan fingerprint density at radius 3 is 2.88 bits per heavy atom. The van der Waals surface area contributed by atoms with E-state index in [9.17, 15) is 0 Å². The molecule has 2 heterocycles. The van der Waals surface area contributed by atoms with Crippen LogP contribution < -0.4 is 11.1 Å². The minimum absolute atomic E-state index is 0.529. The first-order valence-electron chi connectivity index (χ1n) is 4.85. The van der Waals surface area contributed by atoms with Gasteiger partial charge in [-0.25, -0.2) is 4.98 Å². The Bertz CT molecular complexity index is 452. The highest BCUT2D eigenvalue weighted by molar-refractivity contribution is 9.10. The lowest BCUT2D eigenvalue weighted by molar-refractivity contribution is 0.686. The molecule has 0 aliphatic rings. The molecule has 0 aliphatic carbocycles. The third-order valence-corrected chi connectivity index (χ3v) is 4.90. The third kappa shape index (κ3) is 3.11. The highest BCUT2D eigenvalue weighted by atomic mass is 79.9. The van der Waals surface area contributed by atoms with Crippen molar-refractivity contribution in [2.45, 2.75) is 19.6 Å². The summed E-state index contributed by atoms with van der Waals surface area (Å²) in [4.78, 5) is 5.71. The van der Waals surface area contributed by atoms with Gasteiger partial charge in [-0.3, -0.25) is 0 Å². The Kier molecular flexibility index (Phi) is 4.48. The van der Waals surface area contributed by atoms with Gasteiger partial charge in [-0.05, 0) is 27.4 Å². The van der Waals surface area contributed by atoms with Crippen molar-refractivity contribution in [1.82, 2.24) is 10.3 Å². The van der Waals surface area contributed by atoms with Gasteiger partial charge in [-0.1, -0.05) is 0 Å². The second-order valence-electron chi connectivity index (χ2n) is 3.23. The van der Waals surface area contributed by atoms with Crippen molar-refractivity contribution in [2.75, 3.05) is 0 Å². The normalized spacial score (nSPS) is 10.9. The predicted molar refractivity (Wildman–Crippen MR) is 72.6 cm³/mol. The van der Waals surface area contributed by atoms with Crippen LogP contribution in [0.5, 0.6) is 0 Å². The molecule has 6 heteroatoms. The van der Waals surface area contributed by atoms with E-state index < -0.39 is 0 Å². The highest BCUT2D eigenvalue weighted by Crippen LogP contribution is 2.22. The number of aromatic nitrogens is 1. The number of nitrogens with one attached hydrogen (secondary N) is 1. The number of rotatable bonds is 5. The zero-order valence-electron chi connectivity index (χ0n) is 8.57. The maximum atomic E-state index is 5.51. The summed E-state index contributed by atoms with van der Waals surface area (Å²) < 4.78 is 1.17. The van der Waals surface area contributed by atoms with Crippen molar-refractivity contribution in [3.05, 3.63) is 36.9 Å². The minimum atomic E-state index is 0.529. The standard InChI is InChI=1S/C10H12BrN3S2/c11-8-1-2-15-9(8)5-13-4-7-6-16-10(3-12)14-7/h1-2,6,13H,3-5,12H2. The van der Waals surface area contributed by atoms with Crippen molar-refractivity contribution in [1.29, 1.82) is 0 Å². The minimum Gasteiger partial charge on any atom is -0.325 e. The van der Waals surface area contributed by atoms with Gasteiger partial charge in [0.25, 0.3) is 0 Å². The van der Waals surface area contributed by atoms with E-state index in [1.54, 1.807) is 22.7 Å². The van der Waals surface area contributed by atoms with Gasteiger partial charge in [-0.2, -0.15) is 0 Å². The van der Waals surface area contributed by atoms with Crippen LogP contribution in [0.15, 0.2) is 21.3 Å². The second kappa shape index (κ2) is 5.88. The molecular formula is C10H12BrN3S2. The Morgan fingerprint density at radius 2 is 2.25 bits per heavy atom. The van der Waals surface area contributed by atoms with Crippen LogP contribution in [0.25, 0.3) is 0 Å². The first kappa shape index (κ1) is 12.2. The van der Waals surface area contributed by atoms with E-state index in [1.807, 2.05) is 0 Å². The molecular weight excluding hydrogens is 306 g/mol. The molecule has 0 unspecified atom stereocenters. The molecule has 16 heavy (non-hydrogen) atoms. The lowest BCUT2D eigenvalue weighted by Gasteiger charge is -2.00. The first-order chi connectivity index (χ1) is 7.79. The van der Waals surface area contributed by atoms with E-state index in [4.69, 9.17) is 5.73 Å². The quantitative estimate of drug-likeness (QED) is 0.891. The number of thiazole rings is 1. The molecule has 0 saturated heterocycles. The van der Waals surface area contributed by atoms with Crippen LogP contribution in [-0.4, -0.2) is 4.98 Å². The molecule has 0 amide bonds. The zero-order chi connectivity index (χ0) is 11.4. The molecule has 0 spiro atoms. The number of thiophene rings is 1. The molecule has 3 nitrogen and oxygen atoms in total. The van der Waals surface area contributed by atoms with E-state index >= 15 is 0 Å². The van der Waals surface area contributed by atoms with Gasteiger partial charge in [-0.15, -0.1) is 22.7 Å². The van der Waals surface area contributed by atoms with Crippen LogP contribution in [-0.2, 0) is 19.6 Å². The summed E-state index contributed by atoms with van der Waals surface area (Å²) in [6.07, 6.45) is 0. The van der Waals surface area contributed by atoms with Crippen molar-refractivity contribution < 1.29 is 0 Å². The molecule has 0 radical (unpaired) electrons. The van der Waals surface area contributed by atoms with E-state index in [2.05, 4.69) is 43.1 Å². The Morgan fingerprint density at radius 1 is 1.38 bits per heavy atom. The third-order valence-electron chi connectivity index (χ3n) is 2.06. The molecule has 2 rings (SSSR count). The maximum Gasteiger partial charge on any atom is 0.106 e. The van der Waals surface area contributed by atoms with Gasteiger partial charge < -0.3 is 11.1 Å². The molecule has 0 aromatic carbocycles. The van der Waals surface area contributed by atoms with Gasteiger partial charge in [0.1, 0.15) is 5.01 Å². The molecule has 0 bridgehead atoms. The average molecular weight is 318 g/mol. The van der Waals surface area contributed by atoms with Crippen molar-refractivity contribution >= 4 is 38.6 Å². The fraction of sp³-hybridized carbons (Fsp3) is 0.300. The highest BCUT2D eigenvalue weighted by Gasteiger charge is 2.02. The van der Waals surface area contributed by atoms with Crippen LogP contribution in [0.1, 0.15) is 15.6 Å². The number of nitrogens with two attached hydrogens (primary N) is 1. The van der Waals surface area contributed by atoms with Crippen LogP contribution >= 0.6 is 38.6 Å². The molecule has 0 aliphatic heterocycles. The lowest BCUT2D eigenvalue weighted by Crippen LogP contribution is -2.12. The zero-order valence-corrected chi connectivity index (χ0v) is 11.8. The molecule has 3 N–H and O–H groups in total. The number of halogens is 1. The number of hydrogen-bond donors (Lipinski definition) is 2. The van der Waals surface area contributed by atoms with Gasteiger partial charge >= 0.3 is 0 Å². The smallest absolute Gasteiger partial charge is 0.106 e. The maximum absolute atomic E-state index is 5.51. The summed E-state index contributed by atoms with van der Waals surface area (Å²) in [6, 6.07) is 2.07. The van der Waals surface area contributed by atoms with Gasteiger partial charge in [0.15, 0.2) is 0 Å². The molecule has 0 saturated carbocycles. The molecule has 86 valence electrons. The monoisotopic (exact) mass is 317 g/mol. The number of hydrogen-bond acceptors (Lipinski definition) is 5. The Balaban J connectivity index is 1.82. The van der Waals surface area contributed by atoms with Crippen LogP contribution in [0.2, 0.25) is 0 Å². The molecule has 2 aromatic heterocycles. The van der Waals surface area contributed by atoms with Crippen molar-refractivity contribution in [2.24, 2.45) is 5.73 Å². The summed E-state index contributed by atoms with van der Waals surface area (Å²) in [5.41, 5.74) is 6.58. The van der Waals surface area contributed by atoms with Crippen molar-refractivity contribution in [3.8, 4) is 0 Å². The van der Waals surface area contributed by atoms with Gasteiger partial charge in [0.05, 0.1) is 5.69 Å². The van der Waals surface area contributed by atoms with Gasteiger partial charge in [0, 0.05) is 34.4 Å².